The van der Waals surface area contributed by atoms with Gasteiger partial charge in [0.1, 0.15) is 0 Å². The van der Waals surface area contributed by atoms with Crippen molar-refractivity contribution >= 4 is 76.9 Å². The fourth-order valence-corrected chi connectivity index (χ4v) is 0. The van der Waals surface area contributed by atoms with E-state index >= 15 is 0 Å². The second kappa shape index (κ2) is 16.3. The van der Waals surface area contributed by atoms with Crippen molar-refractivity contribution < 1.29 is 27.7 Å². The summed E-state index contributed by atoms with van der Waals surface area (Å²) in [4.78, 5) is 0. The molecule has 22 valence electrons. The smallest absolute Gasteiger partial charge is 0.0149 e. The van der Waals surface area contributed by atoms with Crippen LogP contribution in [0.1, 0.15) is 0 Å². The van der Waals surface area contributed by atoms with E-state index in [9.17, 15) is 0 Å². The van der Waals surface area contributed by atoms with Crippen LogP contribution in [0.15, 0.2) is 0 Å². The molecular weight excluding hydrogens is 445 g/mol. The molecule has 0 saturated heterocycles. The zero-order valence-electron chi connectivity index (χ0n) is 1.21. The summed E-state index contributed by atoms with van der Waals surface area (Å²) in [6.45, 7) is 0. The van der Waals surface area contributed by atoms with Gasteiger partial charge in [0.05, 0.1) is 0 Å². The third-order valence-electron chi connectivity index (χ3n) is 0. The minimum absolute atomic E-state index is 0. The SMILES string of the molecule is [BaH2].[Hg].[SeH2].[SiH4]. The van der Waals surface area contributed by atoms with E-state index in [0.717, 1.165) is 0 Å². The van der Waals surface area contributed by atoms with E-state index in [0.29, 0.717) is 0 Å². The predicted octanol–water partition coefficient (Wildman–Crippen LogP) is -3.29. The van der Waals surface area contributed by atoms with Crippen molar-refractivity contribution in [3.8, 4) is 0 Å². The maximum atomic E-state index is 0. The standard InChI is InChI=1S/Ba.Hg.H2Se.H4Si.2H/h;;1H2;1H4;;. The van der Waals surface area contributed by atoms with Crippen LogP contribution in [0.5, 0.6) is 0 Å². The van der Waals surface area contributed by atoms with E-state index < -0.39 is 0 Å². The molecule has 4 heteroatoms. The Morgan fingerprint density at radius 1 is 1.00 bits per heavy atom. The summed E-state index contributed by atoms with van der Waals surface area (Å²) in [7, 11) is 0. The first-order chi connectivity index (χ1) is 0. The largest absolute Gasteiger partial charge is 0.0149 e. The van der Waals surface area contributed by atoms with E-state index in [1.165, 1.54) is 0 Å². The molecule has 0 aromatic heterocycles. The average Bonchev–Trinajstić information content (AvgIpc) is 0. The molecule has 0 unspecified atom stereocenters. The van der Waals surface area contributed by atoms with Gasteiger partial charge in [-0.2, -0.15) is 0 Å². The Hall–Kier alpha value is 3.24. The van der Waals surface area contributed by atoms with E-state index in [1.807, 2.05) is 0 Å². The normalized spacial score (nSPS) is 0. The Morgan fingerprint density at radius 3 is 1.00 bits per heavy atom. The molecule has 0 bridgehead atoms. The van der Waals surface area contributed by atoms with Gasteiger partial charge in [-0.15, -0.1) is 0 Å². The van der Waals surface area contributed by atoms with Crippen molar-refractivity contribution in [1.82, 2.24) is 0 Å². The summed E-state index contributed by atoms with van der Waals surface area (Å²) in [6, 6.07) is 0. The molecule has 4 heavy (non-hydrogen) atoms. The van der Waals surface area contributed by atoms with Crippen LogP contribution >= 0.6 is 0 Å². The number of hydrogen-bond donors (Lipinski definition) is 0. The van der Waals surface area contributed by atoms with Gasteiger partial charge in [0.2, 0.25) is 0 Å². The fourth-order valence-electron chi connectivity index (χ4n) is 0. The molecule has 0 heterocycles. The van der Waals surface area contributed by atoms with Gasteiger partial charge in [-0.25, -0.2) is 0 Å². The summed E-state index contributed by atoms with van der Waals surface area (Å²) in [5, 5.41) is 0. The molecule has 0 aromatic rings. The molecule has 0 rings (SSSR count). The van der Waals surface area contributed by atoms with Gasteiger partial charge in [0.15, 0.2) is 0 Å². The summed E-state index contributed by atoms with van der Waals surface area (Å²) >= 11 is 0. The topological polar surface area (TPSA) is 0 Å². The zero-order valence-corrected chi connectivity index (χ0v) is 8.80. The van der Waals surface area contributed by atoms with Crippen LogP contribution in [-0.4, -0.2) is 76.9 Å². The van der Waals surface area contributed by atoms with Gasteiger partial charge in [0, 0.05) is 27.7 Å². The monoisotopic (exact) mass is 456 g/mol. The second-order valence-corrected chi connectivity index (χ2v) is 0. The molecule has 0 radical (unpaired) electrons. The van der Waals surface area contributed by atoms with Crippen molar-refractivity contribution in [2.75, 3.05) is 0 Å². The average molecular weight is 453 g/mol. The van der Waals surface area contributed by atoms with Crippen LogP contribution < -0.4 is 0 Å². The first-order valence-electron chi connectivity index (χ1n) is 0. The van der Waals surface area contributed by atoms with Crippen LogP contribution in [0.4, 0.5) is 0 Å². The van der Waals surface area contributed by atoms with Gasteiger partial charge in [-0.05, 0) is 11.0 Å². The van der Waals surface area contributed by atoms with Gasteiger partial charge in [-0.1, -0.05) is 0 Å². The molecule has 0 nitrogen and oxygen atoms in total. The minimum atomic E-state index is 0. The Bertz CT molecular complexity index is 8.00. The van der Waals surface area contributed by atoms with Crippen molar-refractivity contribution in [2.24, 2.45) is 0 Å². The third kappa shape index (κ3) is 8.97. The maximum absolute atomic E-state index is 0. The summed E-state index contributed by atoms with van der Waals surface area (Å²) in [5.74, 6) is 0. The molecule has 0 aliphatic heterocycles. The molecule has 0 N–H and O–H groups in total. The van der Waals surface area contributed by atoms with E-state index in [1.54, 1.807) is 0 Å². The molecule has 0 aliphatic carbocycles. The molecule has 0 atom stereocenters. The van der Waals surface area contributed by atoms with Crippen LogP contribution in [-0.2, 0) is 27.7 Å². The van der Waals surface area contributed by atoms with E-state index in [-0.39, 0.29) is 105 Å². The van der Waals surface area contributed by atoms with Crippen molar-refractivity contribution in [2.45, 2.75) is 0 Å². The Balaban J connectivity index is 0. The summed E-state index contributed by atoms with van der Waals surface area (Å²) < 4.78 is 0. The maximum Gasteiger partial charge on any atom is -0.0149 e. The molecular formula is H8BaHgSeSi. The Labute approximate surface area is 102 Å². The summed E-state index contributed by atoms with van der Waals surface area (Å²) in [5.41, 5.74) is 0. The van der Waals surface area contributed by atoms with Crippen LogP contribution in [0.2, 0.25) is 0 Å². The first-order valence-corrected chi connectivity index (χ1v) is 0. The van der Waals surface area contributed by atoms with Crippen LogP contribution in [0.25, 0.3) is 0 Å². The van der Waals surface area contributed by atoms with Crippen molar-refractivity contribution in [3.05, 3.63) is 0 Å². The molecule has 0 fully saturated rings. The summed E-state index contributed by atoms with van der Waals surface area (Å²) in [6.07, 6.45) is 0. The Morgan fingerprint density at radius 2 is 1.00 bits per heavy atom. The van der Waals surface area contributed by atoms with Crippen molar-refractivity contribution in [3.63, 3.8) is 0 Å². The van der Waals surface area contributed by atoms with E-state index in [4.69, 9.17) is 0 Å². The molecule has 0 aromatic carbocycles. The predicted molar refractivity (Wildman–Crippen MR) is 28.4 cm³/mol. The molecule has 0 spiro atoms. The molecule has 0 saturated carbocycles. The Kier molecular flexibility index (Phi) is 110. The van der Waals surface area contributed by atoms with Crippen LogP contribution in [0, 0.1) is 0 Å². The second-order valence-electron chi connectivity index (χ2n) is 0. The third-order valence-corrected chi connectivity index (χ3v) is 0. The zero-order chi connectivity index (χ0) is 0. The van der Waals surface area contributed by atoms with Gasteiger partial charge in [-0.3, -0.25) is 0 Å². The molecule has 0 amide bonds. The fraction of sp³-hybridized carbons (Fsp3) is 0. The van der Waals surface area contributed by atoms with Gasteiger partial charge >= 0.3 is 65.9 Å². The molecule has 0 aliphatic rings. The van der Waals surface area contributed by atoms with Crippen molar-refractivity contribution in [1.29, 1.82) is 0 Å². The van der Waals surface area contributed by atoms with Crippen LogP contribution in [0.3, 0.4) is 0 Å². The number of rotatable bonds is 0. The quantitative estimate of drug-likeness (QED) is 0.338. The number of hydrogen-bond acceptors (Lipinski definition) is 0. The van der Waals surface area contributed by atoms with E-state index in [2.05, 4.69) is 0 Å². The minimum Gasteiger partial charge on any atom is -0.0149 e. The van der Waals surface area contributed by atoms with Gasteiger partial charge < -0.3 is 0 Å². The first kappa shape index (κ1) is 26.8. The van der Waals surface area contributed by atoms with Gasteiger partial charge in [0.25, 0.3) is 0 Å².